The second-order valence-electron chi connectivity index (χ2n) is 2.53. The van der Waals surface area contributed by atoms with Crippen LogP contribution in [-0.4, -0.2) is 38.3 Å². The molecule has 0 unspecified atom stereocenters. The van der Waals surface area contributed by atoms with Crippen LogP contribution in [0.1, 0.15) is 6.92 Å². The molecule has 0 atom stereocenters. The van der Waals surface area contributed by atoms with Gasteiger partial charge in [-0.05, 0) is 6.92 Å². The summed E-state index contributed by atoms with van der Waals surface area (Å²) in [6.07, 6.45) is -14.7. The molecule has 0 aromatic rings. The van der Waals surface area contributed by atoms with E-state index >= 15 is 0 Å². The third-order valence-corrected chi connectivity index (χ3v) is 1.31. The predicted molar refractivity (Wildman–Crippen MR) is 38.3 cm³/mol. The zero-order valence-corrected chi connectivity index (χ0v) is 7.78. The van der Waals surface area contributed by atoms with Gasteiger partial charge in [0.05, 0.1) is 13.2 Å². The highest BCUT2D eigenvalue weighted by atomic mass is 19.4. The number of alkyl halides is 6. The van der Waals surface area contributed by atoms with E-state index < -0.39 is 25.1 Å². The van der Waals surface area contributed by atoms with Gasteiger partial charge >= 0.3 is 12.4 Å². The van der Waals surface area contributed by atoms with E-state index in [0.717, 1.165) is 0 Å². The summed E-state index contributed by atoms with van der Waals surface area (Å²) in [6.45, 7) is 0.702. The Morgan fingerprint density at radius 2 is 1.40 bits per heavy atom. The molecule has 0 N–H and O–H groups in total. The number of hydrogen-bond donors (Lipinski definition) is 0. The molecule has 2 nitrogen and oxygen atoms in total. The number of halogens is 6. The van der Waals surface area contributed by atoms with Gasteiger partial charge in [0, 0.05) is 6.61 Å². The minimum atomic E-state index is -5.45. The van der Waals surface area contributed by atoms with Crippen LogP contribution in [0, 0.1) is 0 Å². The molecule has 0 bridgehead atoms. The standard InChI is InChI=1S/C7H10F6O2/c1-2-14-3-4-15-5(6(8,9)10)7(11,12)13/h5H,2-4H2,1H3. The van der Waals surface area contributed by atoms with Crippen molar-refractivity contribution in [2.75, 3.05) is 19.8 Å². The Balaban J connectivity index is 4.17. The normalized spacial score (nSPS) is 13.6. The fourth-order valence-corrected chi connectivity index (χ4v) is 0.744. The van der Waals surface area contributed by atoms with E-state index in [-0.39, 0.29) is 13.2 Å². The summed E-state index contributed by atoms with van der Waals surface area (Å²) < 4.78 is 79.3. The maximum atomic E-state index is 11.8. The Labute approximate surface area is 82.1 Å². The lowest BCUT2D eigenvalue weighted by Gasteiger charge is -2.22. The second kappa shape index (κ2) is 5.55. The van der Waals surface area contributed by atoms with E-state index in [1.54, 1.807) is 6.92 Å². The molecule has 92 valence electrons. The molecule has 0 rings (SSSR count). The summed E-state index contributed by atoms with van der Waals surface area (Å²) in [5, 5.41) is 0. The van der Waals surface area contributed by atoms with E-state index in [0.29, 0.717) is 0 Å². The third kappa shape index (κ3) is 5.83. The van der Waals surface area contributed by atoms with Gasteiger partial charge in [-0.15, -0.1) is 0 Å². The molecule has 0 aliphatic heterocycles. The van der Waals surface area contributed by atoms with E-state index in [1.165, 1.54) is 0 Å². The van der Waals surface area contributed by atoms with Gasteiger partial charge < -0.3 is 9.47 Å². The lowest BCUT2D eigenvalue weighted by atomic mass is 10.3. The van der Waals surface area contributed by atoms with Crippen LogP contribution in [-0.2, 0) is 9.47 Å². The quantitative estimate of drug-likeness (QED) is 0.543. The average molecular weight is 240 g/mol. The van der Waals surface area contributed by atoms with Gasteiger partial charge in [-0.3, -0.25) is 0 Å². The van der Waals surface area contributed by atoms with Crippen molar-refractivity contribution in [1.82, 2.24) is 0 Å². The SMILES string of the molecule is CCOCCOC(C(F)(F)F)C(F)(F)F. The number of ether oxygens (including phenoxy) is 2. The molecular weight excluding hydrogens is 230 g/mol. The number of rotatable bonds is 5. The van der Waals surface area contributed by atoms with Crippen LogP contribution in [0.25, 0.3) is 0 Å². The van der Waals surface area contributed by atoms with Crippen molar-refractivity contribution in [1.29, 1.82) is 0 Å². The molecule has 15 heavy (non-hydrogen) atoms. The lowest BCUT2D eigenvalue weighted by molar-refractivity contribution is -0.322. The van der Waals surface area contributed by atoms with E-state index in [4.69, 9.17) is 0 Å². The topological polar surface area (TPSA) is 18.5 Å². The molecule has 0 saturated heterocycles. The maximum Gasteiger partial charge on any atom is 0.423 e. The van der Waals surface area contributed by atoms with Gasteiger partial charge in [-0.1, -0.05) is 0 Å². The first kappa shape index (κ1) is 14.5. The predicted octanol–water partition coefficient (Wildman–Crippen LogP) is 2.53. The van der Waals surface area contributed by atoms with Crippen molar-refractivity contribution in [3.05, 3.63) is 0 Å². The Kier molecular flexibility index (Phi) is 5.36. The Morgan fingerprint density at radius 3 is 1.73 bits per heavy atom. The highest BCUT2D eigenvalue weighted by molar-refractivity contribution is 4.75. The first-order chi connectivity index (χ1) is 6.69. The zero-order chi connectivity index (χ0) is 12.1. The van der Waals surface area contributed by atoms with E-state index in [1.807, 2.05) is 0 Å². The van der Waals surface area contributed by atoms with Crippen molar-refractivity contribution >= 4 is 0 Å². The van der Waals surface area contributed by atoms with Crippen molar-refractivity contribution in [3.8, 4) is 0 Å². The maximum absolute atomic E-state index is 11.8. The van der Waals surface area contributed by atoms with E-state index in [9.17, 15) is 26.3 Å². The van der Waals surface area contributed by atoms with Crippen LogP contribution < -0.4 is 0 Å². The third-order valence-electron chi connectivity index (χ3n) is 1.31. The van der Waals surface area contributed by atoms with Gasteiger partial charge in [-0.25, -0.2) is 0 Å². The summed E-state index contributed by atoms with van der Waals surface area (Å²) in [4.78, 5) is 0. The minimum Gasteiger partial charge on any atom is -0.379 e. The Bertz CT molecular complexity index is 161. The van der Waals surface area contributed by atoms with Crippen molar-refractivity contribution < 1.29 is 35.8 Å². The molecule has 0 amide bonds. The Morgan fingerprint density at radius 1 is 0.933 bits per heavy atom. The van der Waals surface area contributed by atoms with E-state index in [2.05, 4.69) is 9.47 Å². The largest absolute Gasteiger partial charge is 0.423 e. The lowest BCUT2D eigenvalue weighted by Crippen LogP contribution is -2.44. The van der Waals surface area contributed by atoms with Crippen LogP contribution >= 0.6 is 0 Å². The fourth-order valence-electron chi connectivity index (χ4n) is 0.744. The van der Waals surface area contributed by atoms with Gasteiger partial charge in [0.2, 0.25) is 6.10 Å². The molecule has 0 spiro atoms. The molecule has 0 saturated carbocycles. The summed E-state index contributed by atoms with van der Waals surface area (Å²) in [6, 6.07) is 0. The average Bonchev–Trinajstić information content (AvgIpc) is 1.99. The minimum absolute atomic E-state index is 0.200. The van der Waals surface area contributed by atoms with Gasteiger partial charge in [0.1, 0.15) is 0 Å². The second-order valence-corrected chi connectivity index (χ2v) is 2.53. The van der Waals surface area contributed by atoms with Crippen LogP contribution in [0.15, 0.2) is 0 Å². The van der Waals surface area contributed by atoms with Gasteiger partial charge in [-0.2, -0.15) is 26.3 Å². The first-order valence-electron chi connectivity index (χ1n) is 4.02. The molecular formula is C7H10F6O2. The highest BCUT2D eigenvalue weighted by Gasteiger charge is 2.57. The summed E-state index contributed by atoms with van der Waals surface area (Å²) >= 11 is 0. The van der Waals surface area contributed by atoms with Gasteiger partial charge in [0.15, 0.2) is 0 Å². The molecule has 0 radical (unpaired) electrons. The molecule has 0 fully saturated rings. The van der Waals surface area contributed by atoms with Crippen molar-refractivity contribution in [3.63, 3.8) is 0 Å². The summed E-state index contributed by atoms with van der Waals surface area (Å²) in [7, 11) is 0. The fraction of sp³-hybridized carbons (Fsp3) is 1.00. The smallest absolute Gasteiger partial charge is 0.379 e. The summed E-state index contributed by atoms with van der Waals surface area (Å²) in [5.41, 5.74) is 0. The van der Waals surface area contributed by atoms with Crippen LogP contribution in [0.3, 0.4) is 0 Å². The molecule has 0 aliphatic carbocycles. The van der Waals surface area contributed by atoms with Gasteiger partial charge in [0.25, 0.3) is 0 Å². The number of hydrogen-bond acceptors (Lipinski definition) is 2. The van der Waals surface area contributed by atoms with Crippen LogP contribution in [0.5, 0.6) is 0 Å². The summed E-state index contributed by atoms with van der Waals surface area (Å²) in [5.74, 6) is 0. The molecule has 0 heterocycles. The van der Waals surface area contributed by atoms with Crippen LogP contribution in [0.4, 0.5) is 26.3 Å². The molecule has 0 aromatic carbocycles. The zero-order valence-electron chi connectivity index (χ0n) is 7.78. The Hall–Kier alpha value is -0.500. The van der Waals surface area contributed by atoms with Crippen LogP contribution in [0.2, 0.25) is 0 Å². The highest BCUT2D eigenvalue weighted by Crippen LogP contribution is 2.35. The molecule has 0 aromatic heterocycles. The van der Waals surface area contributed by atoms with Crippen molar-refractivity contribution in [2.45, 2.75) is 25.4 Å². The first-order valence-corrected chi connectivity index (χ1v) is 4.02. The van der Waals surface area contributed by atoms with Crippen molar-refractivity contribution in [2.24, 2.45) is 0 Å². The molecule has 8 heteroatoms. The molecule has 0 aliphatic rings. The monoisotopic (exact) mass is 240 g/mol.